The van der Waals surface area contributed by atoms with Gasteiger partial charge in [-0.15, -0.1) is 0 Å². The van der Waals surface area contributed by atoms with Crippen molar-refractivity contribution in [3.63, 3.8) is 0 Å². The minimum atomic E-state index is -0.0431. The van der Waals surface area contributed by atoms with E-state index in [-0.39, 0.29) is 11.2 Å². The van der Waals surface area contributed by atoms with Crippen LogP contribution in [0.2, 0.25) is 0 Å². The predicted molar refractivity (Wildman–Crippen MR) is 103 cm³/mol. The molecular weight excluding hydrogens is 350 g/mol. The Bertz CT molecular complexity index is 879. The highest BCUT2D eigenvalue weighted by molar-refractivity contribution is 7.99. The fraction of sp³-hybridized carbons (Fsp3) is 0.294. The molecular formula is C17H21N7OS. The number of nitrogen functional groups attached to an aromatic ring is 1. The Balaban J connectivity index is 1.84. The average Bonchev–Trinajstić information content (AvgIpc) is 3.09. The fourth-order valence-electron chi connectivity index (χ4n) is 2.31. The van der Waals surface area contributed by atoms with Crippen LogP contribution in [0, 0.1) is 0 Å². The number of nitrogens with zero attached hydrogens (tertiary/aromatic N) is 6. The number of ether oxygens (including phenoxy) is 1. The van der Waals surface area contributed by atoms with Crippen molar-refractivity contribution in [3.05, 3.63) is 42.5 Å². The molecule has 0 amide bonds. The van der Waals surface area contributed by atoms with Gasteiger partial charge in [0.05, 0.1) is 12.4 Å². The molecule has 1 unspecified atom stereocenters. The predicted octanol–water partition coefficient (Wildman–Crippen LogP) is 2.57. The molecule has 0 spiro atoms. The van der Waals surface area contributed by atoms with Crippen molar-refractivity contribution in [2.75, 3.05) is 31.8 Å². The van der Waals surface area contributed by atoms with Crippen LogP contribution in [0.4, 0.5) is 11.9 Å². The minimum Gasteiger partial charge on any atom is -0.497 e. The lowest BCUT2D eigenvalue weighted by atomic mass is 10.3. The van der Waals surface area contributed by atoms with E-state index >= 15 is 0 Å². The second kappa shape index (κ2) is 7.61. The van der Waals surface area contributed by atoms with Gasteiger partial charge < -0.3 is 15.4 Å². The minimum absolute atomic E-state index is 0.0431. The maximum absolute atomic E-state index is 5.83. The number of imidazole rings is 1. The zero-order valence-corrected chi connectivity index (χ0v) is 15.9. The Kier molecular flexibility index (Phi) is 5.27. The van der Waals surface area contributed by atoms with Gasteiger partial charge in [0.2, 0.25) is 11.9 Å². The van der Waals surface area contributed by atoms with Crippen molar-refractivity contribution in [3.8, 4) is 11.4 Å². The molecule has 26 heavy (non-hydrogen) atoms. The smallest absolute Gasteiger partial charge is 0.229 e. The Hall–Kier alpha value is -2.81. The maximum atomic E-state index is 5.83. The Morgan fingerprint density at radius 3 is 2.54 bits per heavy atom. The van der Waals surface area contributed by atoms with Crippen LogP contribution in [-0.4, -0.2) is 45.7 Å². The van der Waals surface area contributed by atoms with E-state index in [0.29, 0.717) is 11.8 Å². The largest absolute Gasteiger partial charge is 0.497 e. The summed E-state index contributed by atoms with van der Waals surface area (Å²) in [5.41, 5.74) is 6.83. The van der Waals surface area contributed by atoms with Crippen LogP contribution in [0.3, 0.4) is 0 Å². The standard InChI is InChI=1S/C17H21N7OS/c1-11(14-20-15(18)22-16(21-14)23(2)3)26-17-19-9-10-24(17)12-5-7-13(25-4)8-6-12/h5-11H,1-4H3,(H2,18,20,21,22). The summed E-state index contributed by atoms with van der Waals surface area (Å²) in [4.78, 5) is 19.2. The second-order valence-electron chi connectivity index (χ2n) is 5.78. The molecule has 3 rings (SSSR count). The fourth-order valence-corrected chi connectivity index (χ4v) is 3.23. The highest BCUT2D eigenvalue weighted by atomic mass is 32.2. The molecule has 0 aliphatic carbocycles. The first-order valence-corrected chi connectivity index (χ1v) is 8.89. The lowest BCUT2D eigenvalue weighted by molar-refractivity contribution is 0.414. The van der Waals surface area contributed by atoms with Crippen molar-refractivity contribution in [2.45, 2.75) is 17.3 Å². The van der Waals surface area contributed by atoms with E-state index in [1.165, 1.54) is 0 Å². The van der Waals surface area contributed by atoms with E-state index in [1.54, 1.807) is 30.0 Å². The van der Waals surface area contributed by atoms with Crippen molar-refractivity contribution in [1.82, 2.24) is 24.5 Å². The van der Waals surface area contributed by atoms with Crippen LogP contribution in [0.1, 0.15) is 18.0 Å². The quantitative estimate of drug-likeness (QED) is 0.661. The molecule has 9 heteroatoms. The van der Waals surface area contributed by atoms with Gasteiger partial charge in [0, 0.05) is 32.2 Å². The molecule has 2 aromatic heterocycles. The van der Waals surface area contributed by atoms with Gasteiger partial charge in [-0.05, 0) is 31.2 Å². The zero-order chi connectivity index (χ0) is 18.7. The van der Waals surface area contributed by atoms with E-state index < -0.39 is 0 Å². The molecule has 0 saturated heterocycles. The van der Waals surface area contributed by atoms with E-state index in [1.807, 2.05) is 56.0 Å². The van der Waals surface area contributed by atoms with Gasteiger partial charge in [-0.1, -0.05) is 11.8 Å². The monoisotopic (exact) mass is 371 g/mol. The first-order chi connectivity index (χ1) is 12.5. The summed E-state index contributed by atoms with van der Waals surface area (Å²) in [6, 6.07) is 7.81. The number of benzene rings is 1. The lowest BCUT2D eigenvalue weighted by Gasteiger charge is -2.15. The molecule has 1 aromatic carbocycles. The van der Waals surface area contributed by atoms with Gasteiger partial charge in [-0.3, -0.25) is 4.57 Å². The molecule has 136 valence electrons. The summed E-state index contributed by atoms with van der Waals surface area (Å²) in [7, 11) is 5.39. The number of aromatic nitrogens is 5. The summed E-state index contributed by atoms with van der Waals surface area (Å²) in [6.45, 7) is 2.02. The van der Waals surface area contributed by atoms with Crippen molar-refractivity contribution in [2.24, 2.45) is 0 Å². The summed E-state index contributed by atoms with van der Waals surface area (Å²) >= 11 is 1.56. The first-order valence-electron chi connectivity index (χ1n) is 8.01. The third-order valence-corrected chi connectivity index (χ3v) is 4.74. The topological polar surface area (TPSA) is 95.0 Å². The van der Waals surface area contributed by atoms with Gasteiger partial charge >= 0.3 is 0 Å². The summed E-state index contributed by atoms with van der Waals surface area (Å²) in [5.74, 6) is 2.19. The second-order valence-corrected chi connectivity index (χ2v) is 7.09. The van der Waals surface area contributed by atoms with Crippen LogP contribution >= 0.6 is 11.8 Å². The van der Waals surface area contributed by atoms with Crippen LogP contribution in [-0.2, 0) is 0 Å². The third kappa shape index (κ3) is 3.88. The average molecular weight is 371 g/mol. The molecule has 0 radical (unpaired) electrons. The van der Waals surface area contributed by atoms with Crippen molar-refractivity contribution < 1.29 is 4.74 Å². The van der Waals surface area contributed by atoms with E-state index in [4.69, 9.17) is 10.5 Å². The van der Waals surface area contributed by atoms with Gasteiger partial charge in [-0.25, -0.2) is 4.98 Å². The molecule has 1 atom stereocenters. The zero-order valence-electron chi connectivity index (χ0n) is 15.1. The highest BCUT2D eigenvalue weighted by Gasteiger charge is 2.17. The normalized spacial score (nSPS) is 12.0. The third-order valence-electron chi connectivity index (χ3n) is 3.66. The number of thioether (sulfide) groups is 1. The summed E-state index contributed by atoms with van der Waals surface area (Å²) in [5, 5.41) is 0.798. The van der Waals surface area contributed by atoms with E-state index in [2.05, 4.69) is 19.9 Å². The molecule has 0 saturated carbocycles. The summed E-state index contributed by atoms with van der Waals surface area (Å²) in [6.07, 6.45) is 3.69. The molecule has 3 aromatic rings. The van der Waals surface area contributed by atoms with Gasteiger partial charge in [0.25, 0.3) is 0 Å². The van der Waals surface area contributed by atoms with Crippen LogP contribution < -0.4 is 15.4 Å². The number of rotatable bonds is 6. The number of methoxy groups -OCH3 is 1. The molecule has 0 aliphatic heterocycles. The number of nitrogens with two attached hydrogens (primary N) is 1. The van der Waals surface area contributed by atoms with Crippen molar-refractivity contribution in [1.29, 1.82) is 0 Å². The van der Waals surface area contributed by atoms with Crippen molar-refractivity contribution >= 4 is 23.7 Å². The Morgan fingerprint density at radius 2 is 1.88 bits per heavy atom. The van der Waals surface area contributed by atoms with E-state index in [9.17, 15) is 0 Å². The van der Waals surface area contributed by atoms with Crippen LogP contribution in [0.5, 0.6) is 5.75 Å². The molecule has 2 heterocycles. The SMILES string of the molecule is COc1ccc(-n2ccnc2SC(C)c2nc(N)nc(N(C)C)n2)cc1. The highest BCUT2D eigenvalue weighted by Crippen LogP contribution is 2.34. The van der Waals surface area contributed by atoms with Gasteiger partial charge in [0.1, 0.15) is 11.6 Å². The van der Waals surface area contributed by atoms with Gasteiger partial charge in [-0.2, -0.15) is 15.0 Å². The van der Waals surface area contributed by atoms with Crippen LogP contribution in [0.15, 0.2) is 41.8 Å². The van der Waals surface area contributed by atoms with Gasteiger partial charge in [0.15, 0.2) is 5.16 Å². The lowest BCUT2D eigenvalue weighted by Crippen LogP contribution is -2.16. The molecule has 0 aliphatic rings. The summed E-state index contributed by atoms with van der Waals surface area (Å²) < 4.78 is 7.22. The molecule has 0 bridgehead atoms. The Labute approximate surface area is 156 Å². The molecule has 2 N–H and O–H groups in total. The number of hydrogen-bond donors (Lipinski definition) is 1. The Morgan fingerprint density at radius 1 is 1.15 bits per heavy atom. The first kappa shape index (κ1) is 18.0. The number of hydrogen-bond acceptors (Lipinski definition) is 8. The number of anilines is 2. The maximum Gasteiger partial charge on any atom is 0.229 e. The molecule has 0 fully saturated rings. The molecule has 8 nitrogen and oxygen atoms in total. The van der Waals surface area contributed by atoms with E-state index in [0.717, 1.165) is 16.6 Å². The van der Waals surface area contributed by atoms with Crippen LogP contribution in [0.25, 0.3) is 5.69 Å².